The fourth-order valence-corrected chi connectivity index (χ4v) is 1.75. The van der Waals surface area contributed by atoms with E-state index in [1.54, 1.807) is 11.9 Å². The molecule has 0 aliphatic carbocycles. The van der Waals surface area contributed by atoms with E-state index in [4.69, 9.17) is 9.47 Å². The Bertz CT molecular complexity index is 366. The van der Waals surface area contributed by atoms with Crippen LogP contribution >= 0.6 is 0 Å². The summed E-state index contributed by atoms with van der Waals surface area (Å²) in [6, 6.07) is 10.0. The summed E-state index contributed by atoms with van der Waals surface area (Å²) in [7, 11) is 1.79. The first kappa shape index (κ1) is 12.1. The van der Waals surface area contributed by atoms with Crippen LogP contribution in [-0.4, -0.2) is 43.7 Å². The van der Waals surface area contributed by atoms with Crippen LogP contribution in [0.4, 0.5) is 0 Å². The van der Waals surface area contributed by atoms with E-state index in [1.165, 1.54) is 0 Å². The highest BCUT2D eigenvalue weighted by molar-refractivity contribution is 5.78. The van der Waals surface area contributed by atoms with Crippen LogP contribution < -0.4 is 0 Å². The number of hydrogen-bond donors (Lipinski definition) is 0. The zero-order valence-electron chi connectivity index (χ0n) is 9.96. The number of benzene rings is 1. The van der Waals surface area contributed by atoms with Gasteiger partial charge in [0.1, 0.15) is 6.61 Å². The number of carbonyl (C=O) groups is 1. The molecular formula is C13H17NO3. The average molecular weight is 235 g/mol. The second-order valence-corrected chi connectivity index (χ2v) is 4.17. The lowest BCUT2D eigenvalue weighted by Crippen LogP contribution is -2.49. The zero-order valence-corrected chi connectivity index (χ0v) is 9.96. The minimum atomic E-state index is 0.0181. The molecule has 1 saturated heterocycles. The summed E-state index contributed by atoms with van der Waals surface area (Å²) in [5.41, 5.74) is 1.14. The third-order valence-electron chi connectivity index (χ3n) is 2.90. The van der Waals surface area contributed by atoms with Gasteiger partial charge in [0, 0.05) is 7.05 Å². The molecule has 0 unspecified atom stereocenters. The second kappa shape index (κ2) is 5.80. The Hall–Kier alpha value is -1.39. The van der Waals surface area contributed by atoms with Gasteiger partial charge in [-0.25, -0.2) is 0 Å². The largest absolute Gasteiger partial charge is 0.375 e. The van der Waals surface area contributed by atoms with E-state index in [0.29, 0.717) is 19.8 Å². The highest BCUT2D eigenvalue weighted by Crippen LogP contribution is 2.07. The molecule has 1 atom stereocenters. The van der Waals surface area contributed by atoms with Crippen LogP contribution in [0.3, 0.4) is 0 Å². The van der Waals surface area contributed by atoms with Crippen LogP contribution in [0.2, 0.25) is 0 Å². The Balaban J connectivity index is 1.76. The summed E-state index contributed by atoms with van der Waals surface area (Å²) >= 11 is 0. The molecule has 1 aliphatic heterocycles. The van der Waals surface area contributed by atoms with Crippen LogP contribution in [0.25, 0.3) is 0 Å². The number of hydrogen-bond acceptors (Lipinski definition) is 3. The minimum absolute atomic E-state index is 0.0181. The molecule has 0 bridgehead atoms. The van der Waals surface area contributed by atoms with Gasteiger partial charge in [0.2, 0.25) is 5.91 Å². The monoisotopic (exact) mass is 235 g/mol. The molecule has 4 nitrogen and oxygen atoms in total. The zero-order chi connectivity index (χ0) is 12.1. The Kier molecular flexibility index (Phi) is 4.12. The van der Waals surface area contributed by atoms with E-state index < -0.39 is 0 Å². The number of nitrogens with zero attached hydrogens (tertiary/aromatic N) is 1. The van der Waals surface area contributed by atoms with Gasteiger partial charge < -0.3 is 14.4 Å². The van der Waals surface area contributed by atoms with Crippen molar-refractivity contribution in [3.05, 3.63) is 35.9 Å². The highest BCUT2D eigenvalue weighted by Gasteiger charge is 2.25. The van der Waals surface area contributed by atoms with E-state index in [0.717, 1.165) is 5.56 Å². The number of rotatable bonds is 4. The van der Waals surface area contributed by atoms with Gasteiger partial charge in [-0.3, -0.25) is 4.79 Å². The van der Waals surface area contributed by atoms with Gasteiger partial charge >= 0.3 is 0 Å². The molecule has 17 heavy (non-hydrogen) atoms. The molecule has 1 fully saturated rings. The maximum atomic E-state index is 11.4. The van der Waals surface area contributed by atoms with Crippen molar-refractivity contribution in [3.63, 3.8) is 0 Å². The number of ether oxygens (including phenoxy) is 2. The van der Waals surface area contributed by atoms with Crippen molar-refractivity contribution in [2.45, 2.75) is 12.6 Å². The smallest absolute Gasteiger partial charge is 0.248 e. The SMILES string of the molecule is CN1C(=O)COC[C@H]1COCc1ccccc1. The van der Waals surface area contributed by atoms with Gasteiger partial charge in [0.05, 0.1) is 25.9 Å². The molecule has 1 aromatic rings. The molecule has 0 saturated carbocycles. The van der Waals surface area contributed by atoms with Crippen LogP contribution in [0.15, 0.2) is 30.3 Å². The Morgan fingerprint density at radius 2 is 2.18 bits per heavy atom. The van der Waals surface area contributed by atoms with Crippen LogP contribution in [0.1, 0.15) is 5.56 Å². The standard InChI is InChI=1S/C13H17NO3/c1-14-12(9-17-10-13(14)15)8-16-7-11-5-3-2-4-6-11/h2-6,12H,7-10H2,1H3/t12-/m1/s1. The summed E-state index contributed by atoms with van der Waals surface area (Å²) in [4.78, 5) is 13.1. The van der Waals surface area contributed by atoms with Crippen molar-refractivity contribution in [1.82, 2.24) is 4.90 Å². The summed E-state index contributed by atoms with van der Waals surface area (Å²) < 4.78 is 10.8. The Labute approximate surface area is 101 Å². The maximum Gasteiger partial charge on any atom is 0.248 e. The molecule has 0 N–H and O–H groups in total. The highest BCUT2D eigenvalue weighted by atomic mass is 16.5. The molecule has 4 heteroatoms. The number of likely N-dealkylation sites (N-methyl/N-ethyl adjacent to an activating group) is 1. The van der Waals surface area contributed by atoms with Crippen LogP contribution in [0, 0.1) is 0 Å². The van der Waals surface area contributed by atoms with E-state index >= 15 is 0 Å². The normalized spacial score (nSPS) is 20.6. The lowest BCUT2D eigenvalue weighted by molar-refractivity contribution is -0.148. The van der Waals surface area contributed by atoms with Gasteiger partial charge in [-0.1, -0.05) is 30.3 Å². The van der Waals surface area contributed by atoms with Gasteiger partial charge in [-0.15, -0.1) is 0 Å². The number of amides is 1. The lowest BCUT2D eigenvalue weighted by atomic mass is 10.2. The molecule has 2 rings (SSSR count). The predicted molar refractivity (Wildman–Crippen MR) is 63.5 cm³/mol. The molecule has 92 valence electrons. The van der Waals surface area contributed by atoms with Crippen LogP contribution in [0.5, 0.6) is 0 Å². The van der Waals surface area contributed by atoms with E-state index in [1.807, 2.05) is 30.3 Å². The minimum Gasteiger partial charge on any atom is -0.375 e. The third-order valence-corrected chi connectivity index (χ3v) is 2.90. The van der Waals surface area contributed by atoms with E-state index in [9.17, 15) is 4.79 Å². The van der Waals surface area contributed by atoms with Crippen molar-refractivity contribution in [2.24, 2.45) is 0 Å². The van der Waals surface area contributed by atoms with Crippen LogP contribution in [-0.2, 0) is 20.9 Å². The molecule has 0 radical (unpaired) electrons. The van der Waals surface area contributed by atoms with Gasteiger partial charge in [0.15, 0.2) is 0 Å². The Morgan fingerprint density at radius 3 is 2.94 bits per heavy atom. The summed E-state index contributed by atoms with van der Waals surface area (Å²) in [5.74, 6) is 0.0181. The predicted octanol–water partition coefficient (Wildman–Crippen LogP) is 1.06. The third kappa shape index (κ3) is 3.28. The molecule has 1 aliphatic rings. The molecule has 1 aromatic carbocycles. The van der Waals surface area contributed by atoms with Crippen molar-refractivity contribution in [3.8, 4) is 0 Å². The summed E-state index contributed by atoms with van der Waals surface area (Å²) in [6.45, 7) is 1.82. The quantitative estimate of drug-likeness (QED) is 0.783. The molecule has 0 spiro atoms. The maximum absolute atomic E-state index is 11.4. The molecule has 0 aromatic heterocycles. The fraction of sp³-hybridized carbons (Fsp3) is 0.462. The molecule has 1 heterocycles. The van der Waals surface area contributed by atoms with Crippen molar-refractivity contribution < 1.29 is 14.3 Å². The van der Waals surface area contributed by atoms with Crippen molar-refractivity contribution >= 4 is 5.91 Å². The first-order chi connectivity index (χ1) is 8.27. The number of morpholine rings is 1. The average Bonchev–Trinajstić information content (AvgIpc) is 2.36. The van der Waals surface area contributed by atoms with Crippen molar-refractivity contribution in [2.75, 3.05) is 26.9 Å². The number of carbonyl (C=O) groups excluding carboxylic acids is 1. The van der Waals surface area contributed by atoms with Crippen molar-refractivity contribution in [1.29, 1.82) is 0 Å². The summed E-state index contributed by atoms with van der Waals surface area (Å²) in [6.07, 6.45) is 0. The summed E-state index contributed by atoms with van der Waals surface area (Å²) in [5, 5.41) is 0. The first-order valence-electron chi connectivity index (χ1n) is 5.72. The second-order valence-electron chi connectivity index (χ2n) is 4.17. The Morgan fingerprint density at radius 1 is 1.41 bits per heavy atom. The topological polar surface area (TPSA) is 38.8 Å². The first-order valence-corrected chi connectivity index (χ1v) is 5.72. The van der Waals surface area contributed by atoms with Gasteiger partial charge in [0.25, 0.3) is 0 Å². The molecular weight excluding hydrogens is 218 g/mol. The van der Waals surface area contributed by atoms with Gasteiger partial charge in [-0.2, -0.15) is 0 Å². The lowest BCUT2D eigenvalue weighted by Gasteiger charge is -2.32. The fourth-order valence-electron chi connectivity index (χ4n) is 1.75. The van der Waals surface area contributed by atoms with E-state index in [2.05, 4.69) is 0 Å². The molecule has 1 amide bonds. The van der Waals surface area contributed by atoms with Gasteiger partial charge in [-0.05, 0) is 5.56 Å². The van der Waals surface area contributed by atoms with E-state index in [-0.39, 0.29) is 18.6 Å².